The fourth-order valence-electron chi connectivity index (χ4n) is 4.56. The zero-order valence-electron chi connectivity index (χ0n) is 15.3. The fraction of sp³-hybridized carbons (Fsp3) is 0.409. The van der Waals surface area contributed by atoms with Gasteiger partial charge in [-0.15, -0.1) is 0 Å². The van der Waals surface area contributed by atoms with Gasteiger partial charge < -0.3 is 15.0 Å². The molecule has 0 spiro atoms. The number of fused-ring (bicyclic) bond motifs is 1. The molecule has 3 atom stereocenters. The number of hydrogen-bond donors (Lipinski definition) is 1. The topological polar surface area (TPSA) is 36.9 Å². The molecule has 140 valence electrons. The number of rotatable bonds is 2. The largest absolute Gasteiger partial charge is 0.463 e. The van der Waals surface area contributed by atoms with Gasteiger partial charge in [-0.1, -0.05) is 36.4 Å². The highest BCUT2D eigenvalue weighted by molar-refractivity contribution is 5.77. The van der Waals surface area contributed by atoms with Gasteiger partial charge in [-0.2, -0.15) is 0 Å². The van der Waals surface area contributed by atoms with Crippen LogP contribution >= 0.6 is 0 Å². The van der Waals surface area contributed by atoms with Crippen LogP contribution in [0, 0.1) is 11.7 Å². The molecule has 0 amide bonds. The first kappa shape index (κ1) is 16.8. The van der Waals surface area contributed by atoms with Crippen molar-refractivity contribution in [2.75, 3.05) is 26.2 Å². The van der Waals surface area contributed by atoms with Crippen LogP contribution in [-0.4, -0.2) is 43.2 Å². The van der Waals surface area contributed by atoms with E-state index in [1.54, 1.807) is 0 Å². The molecule has 27 heavy (non-hydrogen) atoms. The molecule has 0 radical (unpaired) electrons. The molecule has 1 saturated heterocycles. The SMILES string of the molecule is Fc1ccc([C@H]2c3ccccc3CCN2C2=N[C@@H]([C@@H]3CCNC3)CO2)cc1. The zero-order valence-corrected chi connectivity index (χ0v) is 15.3. The highest BCUT2D eigenvalue weighted by Crippen LogP contribution is 2.36. The summed E-state index contributed by atoms with van der Waals surface area (Å²) in [5.41, 5.74) is 3.67. The van der Waals surface area contributed by atoms with Gasteiger partial charge in [0, 0.05) is 13.1 Å². The molecule has 2 aromatic carbocycles. The highest BCUT2D eigenvalue weighted by atomic mass is 19.1. The van der Waals surface area contributed by atoms with E-state index >= 15 is 0 Å². The fourth-order valence-corrected chi connectivity index (χ4v) is 4.56. The lowest BCUT2D eigenvalue weighted by atomic mass is 9.88. The summed E-state index contributed by atoms with van der Waals surface area (Å²) in [6.07, 6.45) is 2.13. The van der Waals surface area contributed by atoms with Crippen molar-refractivity contribution in [3.05, 3.63) is 71.0 Å². The summed E-state index contributed by atoms with van der Waals surface area (Å²) in [5, 5.41) is 3.42. The Hall–Kier alpha value is -2.40. The Labute approximate surface area is 159 Å². The van der Waals surface area contributed by atoms with E-state index in [2.05, 4.69) is 34.5 Å². The maximum absolute atomic E-state index is 13.5. The molecule has 5 heteroatoms. The minimum atomic E-state index is -0.211. The Morgan fingerprint density at radius 1 is 1.11 bits per heavy atom. The predicted molar refractivity (Wildman–Crippen MR) is 103 cm³/mol. The lowest BCUT2D eigenvalue weighted by Crippen LogP contribution is -2.40. The summed E-state index contributed by atoms with van der Waals surface area (Å²) in [7, 11) is 0. The van der Waals surface area contributed by atoms with Crippen LogP contribution in [0.15, 0.2) is 53.5 Å². The van der Waals surface area contributed by atoms with E-state index < -0.39 is 0 Å². The van der Waals surface area contributed by atoms with Crippen LogP contribution < -0.4 is 5.32 Å². The van der Waals surface area contributed by atoms with Crippen molar-refractivity contribution < 1.29 is 9.13 Å². The van der Waals surface area contributed by atoms with E-state index in [4.69, 9.17) is 9.73 Å². The second kappa shape index (κ2) is 6.97. The minimum absolute atomic E-state index is 0.00903. The van der Waals surface area contributed by atoms with Crippen LogP contribution in [0.5, 0.6) is 0 Å². The first-order valence-corrected chi connectivity index (χ1v) is 9.81. The third-order valence-electron chi connectivity index (χ3n) is 6.02. The maximum Gasteiger partial charge on any atom is 0.288 e. The Morgan fingerprint density at radius 2 is 1.96 bits per heavy atom. The van der Waals surface area contributed by atoms with E-state index in [9.17, 15) is 4.39 Å². The number of amidine groups is 1. The molecule has 3 heterocycles. The van der Waals surface area contributed by atoms with E-state index in [1.807, 2.05) is 12.1 Å². The number of benzene rings is 2. The van der Waals surface area contributed by atoms with E-state index in [0.717, 1.165) is 44.1 Å². The van der Waals surface area contributed by atoms with Crippen molar-refractivity contribution in [1.29, 1.82) is 0 Å². The molecular formula is C22H24FN3O. The molecule has 0 aliphatic carbocycles. The highest BCUT2D eigenvalue weighted by Gasteiger charge is 2.37. The third kappa shape index (κ3) is 3.10. The van der Waals surface area contributed by atoms with Crippen LogP contribution in [0.25, 0.3) is 0 Å². The third-order valence-corrected chi connectivity index (χ3v) is 6.02. The van der Waals surface area contributed by atoms with Crippen LogP contribution in [0.3, 0.4) is 0 Å². The molecule has 1 N–H and O–H groups in total. The predicted octanol–water partition coefficient (Wildman–Crippen LogP) is 3.14. The Kier molecular flexibility index (Phi) is 4.32. The normalized spacial score (nSPS) is 27.2. The van der Waals surface area contributed by atoms with Gasteiger partial charge in [-0.25, -0.2) is 9.38 Å². The van der Waals surface area contributed by atoms with Crippen LogP contribution in [0.2, 0.25) is 0 Å². The van der Waals surface area contributed by atoms with Gasteiger partial charge >= 0.3 is 0 Å². The summed E-state index contributed by atoms with van der Waals surface area (Å²) >= 11 is 0. The van der Waals surface area contributed by atoms with E-state index in [1.165, 1.54) is 23.3 Å². The first-order chi connectivity index (χ1) is 13.3. The molecule has 3 aliphatic rings. The second-order valence-electron chi connectivity index (χ2n) is 7.64. The van der Waals surface area contributed by atoms with Crippen LogP contribution in [-0.2, 0) is 11.2 Å². The molecule has 0 saturated carbocycles. The molecule has 2 aromatic rings. The van der Waals surface area contributed by atoms with Crippen molar-refractivity contribution in [3.63, 3.8) is 0 Å². The number of ether oxygens (including phenoxy) is 1. The lowest BCUT2D eigenvalue weighted by molar-refractivity contribution is 0.215. The van der Waals surface area contributed by atoms with Crippen molar-refractivity contribution in [2.24, 2.45) is 10.9 Å². The number of hydrogen-bond acceptors (Lipinski definition) is 4. The molecular weight excluding hydrogens is 341 g/mol. The standard InChI is InChI=1S/C22H24FN3O/c23-18-7-5-16(6-8-18)21-19-4-2-1-3-15(19)10-12-26(21)22-25-20(14-27-22)17-9-11-24-13-17/h1-8,17,20-21,24H,9-14H2/t17-,20-,21+/m1/s1. The minimum Gasteiger partial charge on any atom is -0.463 e. The van der Waals surface area contributed by atoms with Crippen molar-refractivity contribution in [1.82, 2.24) is 10.2 Å². The molecule has 1 fully saturated rings. The van der Waals surface area contributed by atoms with Gasteiger partial charge in [0.25, 0.3) is 6.02 Å². The van der Waals surface area contributed by atoms with Crippen molar-refractivity contribution in [2.45, 2.75) is 24.9 Å². The summed E-state index contributed by atoms with van der Waals surface area (Å²) in [6, 6.07) is 16.3. The van der Waals surface area contributed by atoms with Gasteiger partial charge in [-0.3, -0.25) is 0 Å². The maximum atomic E-state index is 13.5. The number of nitrogens with zero attached hydrogens (tertiary/aromatic N) is 2. The van der Waals surface area contributed by atoms with E-state index in [-0.39, 0.29) is 17.9 Å². The Bertz CT molecular complexity index is 845. The average molecular weight is 365 g/mol. The Morgan fingerprint density at radius 3 is 2.78 bits per heavy atom. The summed E-state index contributed by atoms with van der Waals surface area (Å²) < 4.78 is 19.6. The van der Waals surface area contributed by atoms with Crippen LogP contribution in [0.4, 0.5) is 4.39 Å². The van der Waals surface area contributed by atoms with Crippen molar-refractivity contribution in [3.8, 4) is 0 Å². The molecule has 3 aliphatic heterocycles. The van der Waals surface area contributed by atoms with Gasteiger partial charge in [0.05, 0.1) is 12.1 Å². The van der Waals surface area contributed by atoms with Crippen molar-refractivity contribution >= 4 is 6.02 Å². The number of halogens is 1. The van der Waals surface area contributed by atoms with Crippen LogP contribution in [0.1, 0.15) is 29.2 Å². The van der Waals surface area contributed by atoms with Gasteiger partial charge in [0.1, 0.15) is 12.4 Å². The number of nitrogens with one attached hydrogen (secondary N) is 1. The van der Waals surface area contributed by atoms with Gasteiger partial charge in [0.2, 0.25) is 0 Å². The summed E-state index contributed by atoms with van der Waals surface area (Å²) in [6.45, 7) is 3.61. The quantitative estimate of drug-likeness (QED) is 0.888. The van der Waals surface area contributed by atoms with E-state index in [0.29, 0.717) is 12.5 Å². The van der Waals surface area contributed by atoms with Gasteiger partial charge in [-0.05, 0) is 54.1 Å². The summed E-state index contributed by atoms with van der Waals surface area (Å²) in [4.78, 5) is 7.23. The van der Waals surface area contributed by atoms with Gasteiger partial charge in [0.15, 0.2) is 0 Å². The Balaban J connectivity index is 1.51. The zero-order chi connectivity index (χ0) is 18.2. The smallest absolute Gasteiger partial charge is 0.288 e. The molecule has 0 bridgehead atoms. The first-order valence-electron chi connectivity index (χ1n) is 9.81. The average Bonchev–Trinajstić information content (AvgIpc) is 3.39. The lowest BCUT2D eigenvalue weighted by Gasteiger charge is -2.38. The molecule has 5 rings (SSSR count). The molecule has 0 aromatic heterocycles. The second-order valence-corrected chi connectivity index (χ2v) is 7.64. The monoisotopic (exact) mass is 365 g/mol. The molecule has 4 nitrogen and oxygen atoms in total. The summed E-state index contributed by atoms with van der Waals surface area (Å²) in [5.74, 6) is 0.349. The molecule has 0 unspecified atom stereocenters. The number of aliphatic imine (C=N–C) groups is 1.